The predicted octanol–water partition coefficient (Wildman–Crippen LogP) is 4.02. The molecule has 2 heterocycles. The van der Waals surface area contributed by atoms with Crippen LogP contribution in [0.4, 0.5) is 4.39 Å². The molecule has 1 aliphatic heterocycles. The molecule has 2 aromatic carbocycles. The zero-order valence-electron chi connectivity index (χ0n) is 24.7. The first kappa shape index (κ1) is 30.2. The second-order valence-electron chi connectivity index (χ2n) is 11.5. The van der Waals surface area contributed by atoms with Gasteiger partial charge in [-0.05, 0) is 63.4 Å². The summed E-state index contributed by atoms with van der Waals surface area (Å²) in [5.41, 5.74) is 3.01. The van der Waals surface area contributed by atoms with Gasteiger partial charge in [0.2, 0.25) is 17.7 Å². The van der Waals surface area contributed by atoms with Gasteiger partial charge in [0.25, 0.3) is 0 Å². The number of carbonyl (C=O) groups is 3. The molecule has 220 valence electrons. The molecule has 1 aromatic heterocycles. The number of halogens is 1. The van der Waals surface area contributed by atoms with Crippen LogP contribution in [0.2, 0.25) is 0 Å². The van der Waals surface area contributed by atoms with Crippen molar-refractivity contribution in [1.29, 1.82) is 0 Å². The maximum absolute atomic E-state index is 14.2. The Balaban J connectivity index is 1.66. The van der Waals surface area contributed by atoms with Gasteiger partial charge in [0.1, 0.15) is 17.7 Å². The van der Waals surface area contributed by atoms with Gasteiger partial charge >= 0.3 is 0 Å². The fourth-order valence-corrected chi connectivity index (χ4v) is 5.40. The van der Waals surface area contributed by atoms with Crippen LogP contribution in [0.1, 0.15) is 58.8 Å². The van der Waals surface area contributed by atoms with Crippen molar-refractivity contribution in [3.63, 3.8) is 0 Å². The lowest BCUT2D eigenvalue weighted by Crippen LogP contribution is -2.57. The van der Waals surface area contributed by atoms with E-state index >= 15 is 0 Å². The van der Waals surface area contributed by atoms with E-state index in [0.717, 1.165) is 23.1 Å². The summed E-state index contributed by atoms with van der Waals surface area (Å²) >= 11 is 0. The van der Waals surface area contributed by atoms with Gasteiger partial charge in [0, 0.05) is 31.6 Å². The molecule has 4 rings (SSSR count). The van der Waals surface area contributed by atoms with Gasteiger partial charge in [-0.3, -0.25) is 14.4 Å². The Morgan fingerprint density at radius 1 is 1.15 bits per heavy atom. The summed E-state index contributed by atoms with van der Waals surface area (Å²) in [4.78, 5) is 51.5. The van der Waals surface area contributed by atoms with E-state index in [9.17, 15) is 18.8 Å². The molecule has 41 heavy (non-hydrogen) atoms. The van der Waals surface area contributed by atoms with Gasteiger partial charge in [-0.2, -0.15) is 0 Å². The molecule has 4 atom stereocenters. The average molecular weight is 565 g/mol. The summed E-state index contributed by atoms with van der Waals surface area (Å²) in [5.74, 6) is -0.170. The van der Waals surface area contributed by atoms with Crippen LogP contribution >= 0.6 is 0 Å². The minimum atomic E-state index is -0.922. The number of aromatic nitrogens is 2. The molecule has 3 aromatic rings. The molecule has 1 unspecified atom stereocenters. The largest absolute Gasteiger partial charge is 0.343 e. The summed E-state index contributed by atoms with van der Waals surface area (Å²) in [6.45, 7) is 7.70. The van der Waals surface area contributed by atoms with Gasteiger partial charge in [0.05, 0.1) is 23.1 Å². The second kappa shape index (κ2) is 12.8. The van der Waals surface area contributed by atoms with Gasteiger partial charge in [-0.15, -0.1) is 0 Å². The first-order chi connectivity index (χ1) is 19.5. The third-order valence-electron chi connectivity index (χ3n) is 7.81. The maximum Gasteiger partial charge on any atom is 0.247 e. The van der Waals surface area contributed by atoms with Crippen LogP contribution in [0.5, 0.6) is 0 Å². The average Bonchev–Trinajstić information content (AvgIpc) is 3.54. The summed E-state index contributed by atoms with van der Waals surface area (Å²) in [6.07, 6.45) is 1.81. The molecule has 0 bridgehead atoms. The van der Waals surface area contributed by atoms with E-state index in [4.69, 9.17) is 4.98 Å². The first-order valence-corrected chi connectivity index (χ1v) is 14.3. The summed E-state index contributed by atoms with van der Waals surface area (Å²) in [6, 6.07) is 10.2. The quantitative estimate of drug-likeness (QED) is 0.345. The lowest BCUT2D eigenvalue weighted by molar-refractivity contribution is -0.141. The number of rotatable bonds is 10. The molecule has 3 amide bonds. The number of carbonyl (C=O) groups excluding carboxylic acids is 3. The monoisotopic (exact) mass is 564 g/mol. The molecule has 10 heteroatoms. The van der Waals surface area contributed by atoms with E-state index in [2.05, 4.69) is 15.6 Å². The van der Waals surface area contributed by atoms with Crippen molar-refractivity contribution in [3.05, 3.63) is 54.1 Å². The van der Waals surface area contributed by atoms with Crippen molar-refractivity contribution >= 4 is 28.8 Å². The molecule has 9 nitrogen and oxygen atoms in total. The molecule has 1 fully saturated rings. The van der Waals surface area contributed by atoms with Gasteiger partial charge in [-0.1, -0.05) is 38.1 Å². The number of H-pyrrole nitrogens is 1. The van der Waals surface area contributed by atoms with Crippen LogP contribution in [0.3, 0.4) is 0 Å². The predicted molar refractivity (Wildman–Crippen MR) is 157 cm³/mol. The number of nitrogens with zero attached hydrogens (tertiary/aromatic N) is 3. The molecule has 3 N–H and O–H groups in total. The molecule has 0 aliphatic carbocycles. The highest BCUT2D eigenvalue weighted by Gasteiger charge is 2.41. The first-order valence-electron chi connectivity index (χ1n) is 14.3. The number of nitrogens with one attached hydrogen (secondary N) is 3. The zero-order chi connectivity index (χ0) is 29.8. The number of imidazole rings is 1. The highest BCUT2D eigenvalue weighted by Crippen LogP contribution is 2.37. The third-order valence-corrected chi connectivity index (χ3v) is 7.81. The topological polar surface area (TPSA) is 110 Å². The Hall–Kier alpha value is -3.79. The number of hydrogen-bond donors (Lipinski definition) is 3. The number of likely N-dealkylation sites (tertiary alicyclic amines) is 1. The molecule has 0 saturated carbocycles. The van der Waals surface area contributed by atoms with Gasteiger partial charge in [0.15, 0.2) is 0 Å². The highest BCUT2D eigenvalue weighted by atomic mass is 19.1. The molecule has 0 radical (unpaired) electrons. The maximum atomic E-state index is 14.2. The summed E-state index contributed by atoms with van der Waals surface area (Å²) in [5, 5.41) is 5.79. The number of hydrogen-bond acceptors (Lipinski definition) is 5. The fraction of sp³-hybridized carbons (Fsp3) is 0.484. The van der Waals surface area contributed by atoms with Crippen LogP contribution in [-0.2, 0) is 14.4 Å². The van der Waals surface area contributed by atoms with E-state index in [-0.39, 0.29) is 48.1 Å². The van der Waals surface area contributed by atoms with E-state index in [1.807, 2.05) is 45.0 Å². The van der Waals surface area contributed by atoms with Crippen molar-refractivity contribution in [1.82, 2.24) is 30.4 Å². The number of para-hydroxylation sites is 1. The minimum absolute atomic E-state index is 0.0619. The lowest BCUT2D eigenvalue weighted by atomic mass is 10.0. The molecule has 0 spiro atoms. The SMILES string of the molecule is CN[C@@H](C)C(=O)N[C@@H](CN(C)C(=O)CC(C)C)C(=O)N1C(C)CC[C@H]1c1nc2c(-c3cccc(F)c3)cccc2[nH]1. The number of fused-ring (bicyclic) bond motifs is 1. The number of likely N-dealkylation sites (N-methyl/N-ethyl adjacent to an activating group) is 2. The van der Waals surface area contributed by atoms with Crippen molar-refractivity contribution < 1.29 is 18.8 Å². The standard InChI is InChI=1S/C31H41FN6O3/c1-18(2)15-27(39)37(6)17-25(35-30(40)20(4)33-5)31(41)38-19(3)13-14-26(38)29-34-24-12-8-11-23(28(24)36-29)21-9-7-10-22(32)16-21/h7-12,16,18-20,25-26,33H,13-15,17H2,1-6H3,(H,34,36)(H,35,40)/t19?,20-,25-,26-/m0/s1. The molecular weight excluding hydrogens is 523 g/mol. The van der Waals surface area contributed by atoms with E-state index in [0.29, 0.717) is 24.2 Å². The summed E-state index contributed by atoms with van der Waals surface area (Å²) < 4.78 is 14.0. The fourth-order valence-electron chi connectivity index (χ4n) is 5.40. The van der Waals surface area contributed by atoms with Crippen LogP contribution in [0.25, 0.3) is 22.2 Å². The van der Waals surface area contributed by atoms with E-state index in [1.165, 1.54) is 17.0 Å². The minimum Gasteiger partial charge on any atom is -0.343 e. The highest BCUT2D eigenvalue weighted by molar-refractivity contribution is 5.93. The van der Waals surface area contributed by atoms with Crippen molar-refractivity contribution in [2.75, 3.05) is 20.6 Å². The Kier molecular flexibility index (Phi) is 9.42. The van der Waals surface area contributed by atoms with Crippen LogP contribution in [0.15, 0.2) is 42.5 Å². The number of amides is 3. The van der Waals surface area contributed by atoms with Crippen molar-refractivity contribution in [2.24, 2.45) is 5.92 Å². The number of aromatic amines is 1. The van der Waals surface area contributed by atoms with Crippen LogP contribution < -0.4 is 10.6 Å². The molecule has 1 saturated heterocycles. The van der Waals surface area contributed by atoms with E-state index < -0.39 is 12.1 Å². The Morgan fingerprint density at radius 3 is 2.56 bits per heavy atom. The Bertz CT molecular complexity index is 1410. The summed E-state index contributed by atoms with van der Waals surface area (Å²) in [7, 11) is 3.34. The zero-order valence-corrected chi connectivity index (χ0v) is 24.7. The van der Waals surface area contributed by atoms with Gasteiger partial charge in [-0.25, -0.2) is 9.37 Å². The number of benzene rings is 2. The smallest absolute Gasteiger partial charge is 0.247 e. The Morgan fingerprint density at radius 2 is 1.88 bits per heavy atom. The van der Waals surface area contributed by atoms with Crippen LogP contribution in [-0.4, -0.2) is 76.3 Å². The molecule has 1 aliphatic rings. The third kappa shape index (κ3) is 6.75. The normalized spacial score (nSPS) is 18.5. The Labute approximate surface area is 240 Å². The second-order valence-corrected chi connectivity index (χ2v) is 11.5. The van der Waals surface area contributed by atoms with Crippen molar-refractivity contribution in [3.8, 4) is 11.1 Å². The van der Waals surface area contributed by atoms with Crippen molar-refractivity contribution in [2.45, 2.75) is 71.1 Å². The van der Waals surface area contributed by atoms with Gasteiger partial charge < -0.3 is 25.4 Å². The lowest BCUT2D eigenvalue weighted by Gasteiger charge is -2.33. The van der Waals surface area contributed by atoms with E-state index in [1.54, 1.807) is 32.0 Å². The molecular formula is C31H41FN6O3. The van der Waals surface area contributed by atoms with Crippen LogP contribution in [0, 0.1) is 11.7 Å².